The molecule has 2 N–H and O–H groups in total. The Morgan fingerprint density at radius 2 is 1.55 bits per heavy atom. The van der Waals surface area contributed by atoms with Crippen molar-refractivity contribution in [1.82, 2.24) is 15.0 Å². The summed E-state index contributed by atoms with van der Waals surface area (Å²) in [6.45, 7) is 1.49. The van der Waals surface area contributed by atoms with Crippen molar-refractivity contribution in [2.45, 2.75) is 6.92 Å². The molecule has 0 aliphatic rings. The van der Waals surface area contributed by atoms with Crippen molar-refractivity contribution >= 4 is 39.9 Å². The number of nitrogens with one attached hydrogen (secondary N) is 2. The minimum absolute atomic E-state index is 0.0271. The smallest absolute Gasteiger partial charge is 0.258 e. The number of anilines is 3. The first-order valence-corrected chi connectivity index (χ1v) is 8.95. The molecule has 142 valence electrons. The first-order valence-electron chi connectivity index (χ1n) is 8.95. The Labute approximate surface area is 166 Å². The van der Waals surface area contributed by atoms with Crippen molar-refractivity contribution in [3.8, 4) is 0 Å². The van der Waals surface area contributed by atoms with Crippen molar-refractivity contribution in [3.05, 3.63) is 84.3 Å². The summed E-state index contributed by atoms with van der Waals surface area (Å²) in [6, 6.07) is 16.3. The fraction of sp³-hybridized carbons (Fsp3) is 0.0455. The Kier molecular flexibility index (Phi) is 4.94. The molecule has 0 fully saturated rings. The summed E-state index contributed by atoms with van der Waals surface area (Å²) in [7, 11) is 0. The van der Waals surface area contributed by atoms with Gasteiger partial charge in [0.05, 0.1) is 16.8 Å². The Morgan fingerprint density at radius 1 is 0.828 bits per heavy atom. The highest BCUT2D eigenvalue weighted by atomic mass is 16.1. The summed E-state index contributed by atoms with van der Waals surface area (Å²) >= 11 is 0. The van der Waals surface area contributed by atoms with E-state index < -0.39 is 0 Å². The van der Waals surface area contributed by atoms with Gasteiger partial charge >= 0.3 is 0 Å². The fourth-order valence-corrected chi connectivity index (χ4v) is 2.83. The Balaban J connectivity index is 1.47. The van der Waals surface area contributed by atoms with E-state index in [2.05, 4.69) is 25.6 Å². The van der Waals surface area contributed by atoms with Gasteiger partial charge in [-0.15, -0.1) is 0 Å². The molecule has 1 amide bonds. The van der Waals surface area contributed by atoms with Crippen LogP contribution in [-0.2, 0) is 0 Å². The number of ketones is 1. The molecule has 2 heterocycles. The summed E-state index contributed by atoms with van der Waals surface area (Å²) in [4.78, 5) is 36.5. The summed E-state index contributed by atoms with van der Waals surface area (Å²) in [5, 5.41) is 6.89. The van der Waals surface area contributed by atoms with E-state index in [9.17, 15) is 9.59 Å². The van der Waals surface area contributed by atoms with E-state index in [1.54, 1.807) is 30.5 Å². The van der Waals surface area contributed by atoms with Crippen LogP contribution < -0.4 is 10.6 Å². The number of fused-ring (bicyclic) bond motifs is 1. The molecule has 4 aromatic rings. The molecule has 29 heavy (non-hydrogen) atoms. The second-order valence-electron chi connectivity index (χ2n) is 6.39. The molecule has 0 unspecified atom stereocenters. The SMILES string of the molecule is CC(=O)c1ccc(NC(=O)c2cnc(Nc3cccc4cccnc34)nc2)cc1. The Hall–Kier alpha value is -4.13. The number of benzene rings is 2. The van der Waals surface area contributed by atoms with Crippen LogP contribution >= 0.6 is 0 Å². The molecule has 0 atom stereocenters. The van der Waals surface area contributed by atoms with Crippen molar-refractivity contribution in [3.63, 3.8) is 0 Å². The van der Waals surface area contributed by atoms with Gasteiger partial charge in [-0.25, -0.2) is 9.97 Å². The number of amides is 1. The number of hydrogen-bond acceptors (Lipinski definition) is 6. The van der Waals surface area contributed by atoms with Crippen LogP contribution in [0.4, 0.5) is 17.3 Å². The molecule has 7 heteroatoms. The molecule has 2 aromatic carbocycles. The number of nitrogens with zero attached hydrogens (tertiary/aromatic N) is 3. The van der Waals surface area contributed by atoms with Gasteiger partial charge in [0, 0.05) is 35.2 Å². The molecule has 7 nitrogen and oxygen atoms in total. The molecule has 0 saturated heterocycles. The third kappa shape index (κ3) is 4.08. The minimum Gasteiger partial charge on any atom is -0.322 e. The van der Waals surface area contributed by atoms with Gasteiger partial charge in [-0.1, -0.05) is 18.2 Å². The van der Waals surface area contributed by atoms with Crippen molar-refractivity contribution in [1.29, 1.82) is 0 Å². The first-order chi connectivity index (χ1) is 14.1. The zero-order chi connectivity index (χ0) is 20.2. The molecule has 0 aliphatic heterocycles. The van der Waals surface area contributed by atoms with Gasteiger partial charge in [0.25, 0.3) is 5.91 Å². The van der Waals surface area contributed by atoms with E-state index >= 15 is 0 Å². The van der Waals surface area contributed by atoms with Gasteiger partial charge in [-0.05, 0) is 43.3 Å². The summed E-state index contributed by atoms with van der Waals surface area (Å²) in [5.41, 5.74) is 3.09. The maximum Gasteiger partial charge on any atom is 0.258 e. The minimum atomic E-state index is -0.334. The molecular weight excluding hydrogens is 366 g/mol. The molecule has 2 aromatic heterocycles. The topological polar surface area (TPSA) is 96.9 Å². The highest BCUT2D eigenvalue weighted by Crippen LogP contribution is 2.23. The van der Waals surface area contributed by atoms with E-state index in [0.29, 0.717) is 22.8 Å². The molecule has 0 spiro atoms. The molecule has 0 radical (unpaired) electrons. The van der Waals surface area contributed by atoms with Crippen molar-refractivity contribution < 1.29 is 9.59 Å². The van der Waals surface area contributed by atoms with E-state index in [0.717, 1.165) is 16.6 Å². The number of hydrogen-bond donors (Lipinski definition) is 2. The summed E-state index contributed by atoms with van der Waals surface area (Å²) in [6.07, 6.45) is 4.63. The zero-order valence-corrected chi connectivity index (χ0v) is 15.6. The van der Waals surface area contributed by atoms with Crippen LogP contribution in [-0.4, -0.2) is 26.6 Å². The summed E-state index contributed by atoms with van der Waals surface area (Å²) < 4.78 is 0. The monoisotopic (exact) mass is 383 g/mol. The summed E-state index contributed by atoms with van der Waals surface area (Å²) in [5.74, 6) is 0.00484. The zero-order valence-electron chi connectivity index (χ0n) is 15.6. The van der Waals surface area contributed by atoms with Gasteiger partial charge in [-0.3, -0.25) is 14.6 Å². The maximum atomic E-state index is 12.4. The predicted molar refractivity (Wildman–Crippen MR) is 111 cm³/mol. The van der Waals surface area contributed by atoms with Gasteiger partial charge in [0.2, 0.25) is 5.95 Å². The lowest BCUT2D eigenvalue weighted by Crippen LogP contribution is -2.13. The van der Waals surface area contributed by atoms with Crippen LogP contribution in [0.2, 0.25) is 0 Å². The number of carbonyl (C=O) groups excluding carboxylic acids is 2. The Bertz CT molecular complexity index is 1180. The molecule has 4 rings (SSSR count). The van der Waals surface area contributed by atoms with E-state index in [-0.39, 0.29) is 11.7 Å². The largest absolute Gasteiger partial charge is 0.322 e. The van der Waals surface area contributed by atoms with Crippen LogP contribution in [0, 0.1) is 0 Å². The third-order valence-corrected chi connectivity index (χ3v) is 4.34. The second kappa shape index (κ2) is 7.85. The quantitative estimate of drug-likeness (QED) is 0.501. The third-order valence-electron chi connectivity index (χ3n) is 4.34. The molecule has 0 aliphatic carbocycles. The maximum absolute atomic E-state index is 12.4. The highest BCUT2D eigenvalue weighted by Gasteiger charge is 2.09. The van der Waals surface area contributed by atoms with Crippen LogP contribution in [0.1, 0.15) is 27.6 Å². The van der Waals surface area contributed by atoms with E-state index in [4.69, 9.17) is 0 Å². The lowest BCUT2D eigenvalue weighted by Gasteiger charge is -2.08. The number of pyridine rings is 1. The lowest BCUT2D eigenvalue weighted by molar-refractivity contribution is 0.101. The molecule has 0 saturated carbocycles. The number of aromatic nitrogens is 3. The van der Waals surface area contributed by atoms with Gasteiger partial charge in [-0.2, -0.15) is 0 Å². The standard InChI is InChI=1S/C22H17N5O2/c1-14(28)15-7-9-18(10-8-15)26-21(29)17-12-24-22(25-13-17)27-19-6-2-4-16-5-3-11-23-20(16)19/h2-13H,1H3,(H,26,29)(H,24,25,27). The number of Topliss-reactive ketones (excluding diaryl/α,β-unsaturated/α-hetero) is 1. The number of para-hydroxylation sites is 1. The van der Waals surface area contributed by atoms with Crippen molar-refractivity contribution in [2.75, 3.05) is 10.6 Å². The van der Waals surface area contributed by atoms with Crippen LogP contribution in [0.25, 0.3) is 10.9 Å². The van der Waals surface area contributed by atoms with Gasteiger partial charge in [0.1, 0.15) is 0 Å². The Morgan fingerprint density at radius 3 is 2.28 bits per heavy atom. The average Bonchev–Trinajstić information content (AvgIpc) is 2.75. The van der Waals surface area contributed by atoms with E-state index in [1.165, 1.54) is 19.3 Å². The van der Waals surface area contributed by atoms with Crippen LogP contribution in [0.5, 0.6) is 0 Å². The second-order valence-corrected chi connectivity index (χ2v) is 6.39. The van der Waals surface area contributed by atoms with Crippen LogP contribution in [0.15, 0.2) is 73.2 Å². The van der Waals surface area contributed by atoms with Crippen LogP contribution in [0.3, 0.4) is 0 Å². The molecular formula is C22H17N5O2. The fourth-order valence-electron chi connectivity index (χ4n) is 2.83. The highest BCUT2D eigenvalue weighted by molar-refractivity contribution is 6.04. The number of carbonyl (C=O) groups is 2. The average molecular weight is 383 g/mol. The molecule has 0 bridgehead atoms. The van der Waals surface area contributed by atoms with Gasteiger partial charge in [0.15, 0.2) is 5.78 Å². The predicted octanol–water partition coefficient (Wildman–Crippen LogP) is 4.22. The number of rotatable bonds is 5. The van der Waals surface area contributed by atoms with Gasteiger partial charge < -0.3 is 10.6 Å². The normalized spacial score (nSPS) is 10.5. The first kappa shape index (κ1) is 18.2. The van der Waals surface area contributed by atoms with Crippen molar-refractivity contribution in [2.24, 2.45) is 0 Å². The van der Waals surface area contributed by atoms with E-state index in [1.807, 2.05) is 30.3 Å². The lowest BCUT2D eigenvalue weighted by atomic mass is 10.1.